The number of anilines is 1. The molecular formula is C36H40N6O3S. The van der Waals surface area contributed by atoms with Gasteiger partial charge in [-0.3, -0.25) is 0 Å². The molecule has 1 saturated heterocycles. The molecule has 1 aliphatic rings. The molecule has 1 amide bonds. The molecule has 9 nitrogen and oxygen atoms in total. The molecule has 238 valence electrons. The first kappa shape index (κ1) is 31.4. The minimum Gasteiger partial charge on any atom is -0.444 e. The van der Waals surface area contributed by atoms with Crippen LogP contribution in [0.4, 0.5) is 10.7 Å². The van der Waals surface area contributed by atoms with Crippen molar-refractivity contribution in [3.8, 4) is 22.9 Å². The number of pyridine rings is 1. The summed E-state index contributed by atoms with van der Waals surface area (Å²) < 4.78 is 12.2. The summed E-state index contributed by atoms with van der Waals surface area (Å²) in [6, 6.07) is 16.4. The van der Waals surface area contributed by atoms with Crippen molar-refractivity contribution in [1.29, 1.82) is 0 Å². The van der Waals surface area contributed by atoms with E-state index in [1.807, 2.05) is 45.9 Å². The van der Waals surface area contributed by atoms with Crippen LogP contribution in [-0.2, 0) is 17.6 Å². The zero-order valence-electron chi connectivity index (χ0n) is 27.0. The molecular weight excluding hydrogens is 597 g/mol. The van der Waals surface area contributed by atoms with Crippen LogP contribution in [0.15, 0.2) is 66.3 Å². The first-order valence-electron chi connectivity index (χ1n) is 15.8. The third-order valence-electron chi connectivity index (χ3n) is 7.92. The quantitative estimate of drug-likeness (QED) is 0.182. The zero-order valence-corrected chi connectivity index (χ0v) is 27.9. The van der Waals surface area contributed by atoms with Crippen LogP contribution >= 0.6 is 11.3 Å². The number of aryl methyl sites for hydroxylation is 4. The molecule has 0 radical (unpaired) electrons. The second-order valence-corrected chi connectivity index (χ2v) is 13.8. The SMILES string of the molecule is Cc1nc(CCc2cccc3c(Oc4ncccc4-c4ccnc(N[C@H]5CCCN(C(=O)OC(C)(C)C)C5)n4)c(C)ccc23)cs1. The number of thiazole rings is 1. The van der Waals surface area contributed by atoms with Crippen LogP contribution in [0.5, 0.6) is 11.6 Å². The van der Waals surface area contributed by atoms with Crippen LogP contribution < -0.4 is 10.1 Å². The summed E-state index contributed by atoms with van der Waals surface area (Å²) in [5, 5.41) is 8.87. The predicted molar refractivity (Wildman–Crippen MR) is 183 cm³/mol. The van der Waals surface area contributed by atoms with Crippen LogP contribution in [-0.4, -0.2) is 55.7 Å². The number of aromatic nitrogens is 4. The van der Waals surface area contributed by atoms with Gasteiger partial charge in [-0.05, 0) is 95.0 Å². The Bertz CT molecular complexity index is 1850. The van der Waals surface area contributed by atoms with Crippen molar-refractivity contribution in [1.82, 2.24) is 24.8 Å². The number of hydrogen-bond acceptors (Lipinski definition) is 9. The molecule has 6 rings (SSSR count). The fourth-order valence-corrected chi connectivity index (χ4v) is 6.40. The summed E-state index contributed by atoms with van der Waals surface area (Å²) in [5.74, 6) is 1.74. The van der Waals surface area contributed by atoms with Gasteiger partial charge < -0.3 is 19.7 Å². The molecule has 3 aromatic heterocycles. The fourth-order valence-electron chi connectivity index (χ4n) is 5.76. The number of carbonyl (C=O) groups excluding carboxylic acids is 1. The van der Waals surface area contributed by atoms with Gasteiger partial charge in [0, 0.05) is 42.3 Å². The molecule has 0 spiro atoms. The number of hydrogen-bond donors (Lipinski definition) is 1. The Labute approximate surface area is 274 Å². The van der Waals surface area contributed by atoms with E-state index in [0.29, 0.717) is 30.6 Å². The van der Waals surface area contributed by atoms with Crippen molar-refractivity contribution in [2.24, 2.45) is 0 Å². The van der Waals surface area contributed by atoms with Crippen LogP contribution in [0.3, 0.4) is 0 Å². The van der Waals surface area contributed by atoms with E-state index >= 15 is 0 Å². The van der Waals surface area contributed by atoms with E-state index in [4.69, 9.17) is 14.5 Å². The highest BCUT2D eigenvalue weighted by molar-refractivity contribution is 7.09. The first-order valence-corrected chi connectivity index (χ1v) is 16.6. The molecule has 1 aliphatic heterocycles. The van der Waals surface area contributed by atoms with Gasteiger partial charge >= 0.3 is 6.09 Å². The summed E-state index contributed by atoms with van der Waals surface area (Å²) in [6.07, 6.45) is 6.72. The average Bonchev–Trinajstić information content (AvgIpc) is 3.46. The van der Waals surface area contributed by atoms with E-state index in [2.05, 4.69) is 62.9 Å². The molecule has 0 saturated carbocycles. The average molecular weight is 637 g/mol. The van der Waals surface area contributed by atoms with Crippen LogP contribution in [0.25, 0.3) is 22.0 Å². The molecule has 1 fully saturated rings. The van der Waals surface area contributed by atoms with Crippen molar-refractivity contribution in [3.05, 3.63) is 88.1 Å². The largest absolute Gasteiger partial charge is 0.444 e. The summed E-state index contributed by atoms with van der Waals surface area (Å²) >= 11 is 1.69. The van der Waals surface area contributed by atoms with Crippen molar-refractivity contribution < 1.29 is 14.3 Å². The Morgan fingerprint density at radius 1 is 1.00 bits per heavy atom. The van der Waals surface area contributed by atoms with Crippen molar-refractivity contribution in [3.63, 3.8) is 0 Å². The van der Waals surface area contributed by atoms with E-state index in [1.165, 1.54) is 5.56 Å². The van der Waals surface area contributed by atoms with Gasteiger partial charge in [0.2, 0.25) is 11.8 Å². The standard InChI is InChI=1S/C36H40N6O3S/c1-23-13-16-28-25(14-15-27-22-46-24(2)39-27)9-6-11-29(28)32(23)44-33-30(12-7-18-37-33)31-17-19-38-34(41-31)40-26-10-8-20-42(21-26)35(43)45-36(3,4)5/h6-7,9,11-13,16-19,22,26H,8,10,14-15,20-21H2,1-5H3,(H,38,40,41)/t26-/m0/s1. The molecule has 4 heterocycles. The highest BCUT2D eigenvalue weighted by Gasteiger charge is 2.28. The second kappa shape index (κ2) is 13.4. The normalized spacial score (nSPS) is 15.2. The van der Waals surface area contributed by atoms with Crippen molar-refractivity contribution in [2.75, 3.05) is 18.4 Å². The van der Waals surface area contributed by atoms with Crippen molar-refractivity contribution in [2.45, 2.75) is 71.9 Å². The fraction of sp³-hybridized carbons (Fsp3) is 0.361. The Morgan fingerprint density at radius 3 is 2.67 bits per heavy atom. The number of nitrogens with one attached hydrogen (secondary N) is 1. The Kier molecular flexibility index (Phi) is 9.17. The number of ether oxygens (including phenoxy) is 2. The van der Waals surface area contributed by atoms with E-state index < -0.39 is 5.60 Å². The van der Waals surface area contributed by atoms with Crippen LogP contribution in [0.2, 0.25) is 0 Å². The van der Waals surface area contributed by atoms with Gasteiger partial charge in [-0.15, -0.1) is 11.3 Å². The van der Waals surface area contributed by atoms with E-state index in [-0.39, 0.29) is 12.1 Å². The molecule has 46 heavy (non-hydrogen) atoms. The Morgan fingerprint density at radius 2 is 1.87 bits per heavy atom. The third kappa shape index (κ3) is 7.45. The number of nitrogens with zero attached hydrogens (tertiary/aromatic N) is 5. The minimum absolute atomic E-state index is 0.00760. The highest BCUT2D eigenvalue weighted by Crippen LogP contribution is 2.38. The Hall–Kier alpha value is -4.57. The monoisotopic (exact) mass is 636 g/mol. The maximum absolute atomic E-state index is 12.7. The minimum atomic E-state index is -0.535. The number of amides is 1. The molecule has 0 aliphatic carbocycles. The third-order valence-corrected chi connectivity index (χ3v) is 8.75. The predicted octanol–water partition coefficient (Wildman–Crippen LogP) is 8.15. The highest BCUT2D eigenvalue weighted by atomic mass is 32.1. The molecule has 0 unspecified atom stereocenters. The lowest BCUT2D eigenvalue weighted by atomic mass is 9.98. The van der Waals surface area contributed by atoms with Gasteiger partial charge in [0.05, 0.1) is 22.0 Å². The number of piperidine rings is 1. The van der Waals surface area contributed by atoms with Crippen LogP contribution in [0.1, 0.15) is 55.4 Å². The molecule has 10 heteroatoms. The summed E-state index contributed by atoms with van der Waals surface area (Å²) in [5.41, 5.74) is 4.33. The van der Waals surface area contributed by atoms with Gasteiger partial charge in [0.15, 0.2) is 0 Å². The van der Waals surface area contributed by atoms with E-state index in [9.17, 15) is 4.79 Å². The zero-order chi connectivity index (χ0) is 32.3. The van der Waals surface area contributed by atoms with Gasteiger partial charge in [-0.25, -0.2) is 24.7 Å². The van der Waals surface area contributed by atoms with Gasteiger partial charge in [-0.2, -0.15) is 0 Å². The lowest BCUT2D eigenvalue weighted by Crippen LogP contribution is -2.47. The molecule has 0 bridgehead atoms. The number of fused-ring (bicyclic) bond motifs is 1. The van der Waals surface area contributed by atoms with E-state index in [0.717, 1.165) is 64.0 Å². The maximum Gasteiger partial charge on any atom is 0.410 e. The molecule has 5 aromatic rings. The number of benzene rings is 2. The Balaban J connectivity index is 1.22. The van der Waals surface area contributed by atoms with E-state index in [1.54, 1.807) is 28.6 Å². The summed E-state index contributed by atoms with van der Waals surface area (Å²) in [4.78, 5) is 33.0. The summed E-state index contributed by atoms with van der Waals surface area (Å²) in [7, 11) is 0. The smallest absolute Gasteiger partial charge is 0.410 e. The second-order valence-electron chi connectivity index (χ2n) is 12.7. The molecule has 1 atom stereocenters. The first-order chi connectivity index (χ1) is 22.1. The number of carbonyl (C=O) groups is 1. The maximum atomic E-state index is 12.7. The van der Waals surface area contributed by atoms with Crippen molar-refractivity contribution >= 4 is 34.2 Å². The molecule has 2 aromatic carbocycles. The van der Waals surface area contributed by atoms with Gasteiger partial charge in [0.25, 0.3) is 0 Å². The lowest BCUT2D eigenvalue weighted by molar-refractivity contribution is 0.0206. The number of likely N-dealkylation sites (tertiary alicyclic amines) is 1. The lowest BCUT2D eigenvalue weighted by Gasteiger charge is -2.34. The van der Waals surface area contributed by atoms with Gasteiger partial charge in [-0.1, -0.05) is 30.3 Å². The van der Waals surface area contributed by atoms with Crippen LogP contribution in [0, 0.1) is 13.8 Å². The molecule has 1 N–H and O–H groups in total. The summed E-state index contributed by atoms with van der Waals surface area (Å²) in [6.45, 7) is 10.9. The number of rotatable bonds is 8. The topological polar surface area (TPSA) is 102 Å². The van der Waals surface area contributed by atoms with Gasteiger partial charge in [0.1, 0.15) is 11.4 Å².